The van der Waals surface area contributed by atoms with Crippen LogP contribution in [0.25, 0.3) is 11.2 Å². The summed E-state index contributed by atoms with van der Waals surface area (Å²) in [6.07, 6.45) is 0. The van der Waals surface area contributed by atoms with Gasteiger partial charge in [0.05, 0.1) is 6.61 Å². The molecular weight excluding hydrogens is 308 g/mol. The van der Waals surface area contributed by atoms with Gasteiger partial charge >= 0.3 is 11.7 Å². The lowest BCUT2D eigenvalue weighted by Gasteiger charge is -2.10. The SMILES string of the molecule is CCOC(=O)c1nc2c(=O)n(C)c(=O)n(C)c2nc1SCC. The number of esters is 1. The summed E-state index contributed by atoms with van der Waals surface area (Å²) < 4.78 is 7.12. The summed E-state index contributed by atoms with van der Waals surface area (Å²) in [4.78, 5) is 44.6. The molecule has 22 heavy (non-hydrogen) atoms. The number of carbonyl (C=O) groups excluding carboxylic acids is 1. The number of thioether (sulfide) groups is 1. The lowest BCUT2D eigenvalue weighted by molar-refractivity contribution is 0.0514. The maximum Gasteiger partial charge on any atom is 0.359 e. The van der Waals surface area contributed by atoms with Crippen molar-refractivity contribution in [2.24, 2.45) is 14.1 Å². The average Bonchev–Trinajstić information content (AvgIpc) is 2.51. The molecule has 2 rings (SSSR count). The summed E-state index contributed by atoms with van der Waals surface area (Å²) in [6.45, 7) is 3.77. The van der Waals surface area contributed by atoms with Crippen molar-refractivity contribution in [2.45, 2.75) is 18.9 Å². The molecule has 0 amide bonds. The Balaban J connectivity index is 2.86. The predicted octanol–water partition coefficient (Wildman–Crippen LogP) is 0.316. The molecule has 0 bridgehead atoms. The largest absolute Gasteiger partial charge is 0.461 e. The molecule has 118 valence electrons. The van der Waals surface area contributed by atoms with E-state index in [0.29, 0.717) is 10.8 Å². The van der Waals surface area contributed by atoms with E-state index in [1.807, 2.05) is 6.92 Å². The van der Waals surface area contributed by atoms with Gasteiger partial charge in [0.15, 0.2) is 16.9 Å². The van der Waals surface area contributed by atoms with Crippen LogP contribution in [0.2, 0.25) is 0 Å². The third kappa shape index (κ3) is 2.63. The topological polar surface area (TPSA) is 96.1 Å². The third-order valence-electron chi connectivity index (χ3n) is 2.99. The zero-order valence-corrected chi connectivity index (χ0v) is 13.6. The number of rotatable bonds is 4. The number of nitrogens with zero attached hydrogens (tertiary/aromatic N) is 4. The molecule has 0 aliphatic carbocycles. The lowest BCUT2D eigenvalue weighted by atomic mass is 10.4. The molecular formula is C13H16N4O4S. The van der Waals surface area contributed by atoms with Crippen molar-refractivity contribution < 1.29 is 9.53 Å². The quantitative estimate of drug-likeness (QED) is 0.590. The van der Waals surface area contributed by atoms with Crippen LogP contribution in [0.1, 0.15) is 24.3 Å². The summed E-state index contributed by atoms with van der Waals surface area (Å²) >= 11 is 1.30. The van der Waals surface area contributed by atoms with Crippen molar-refractivity contribution in [3.05, 3.63) is 26.5 Å². The molecule has 0 aliphatic rings. The van der Waals surface area contributed by atoms with E-state index in [1.54, 1.807) is 6.92 Å². The smallest absolute Gasteiger partial charge is 0.359 e. The first-order valence-electron chi connectivity index (χ1n) is 6.70. The monoisotopic (exact) mass is 324 g/mol. The number of hydrogen-bond donors (Lipinski definition) is 0. The van der Waals surface area contributed by atoms with Crippen LogP contribution in [0.15, 0.2) is 14.6 Å². The van der Waals surface area contributed by atoms with E-state index < -0.39 is 17.2 Å². The Bertz CT molecular complexity index is 856. The van der Waals surface area contributed by atoms with Crippen LogP contribution in [-0.4, -0.2) is 37.4 Å². The Hall–Kier alpha value is -2.16. The van der Waals surface area contributed by atoms with E-state index >= 15 is 0 Å². The molecule has 8 nitrogen and oxygen atoms in total. The van der Waals surface area contributed by atoms with E-state index in [2.05, 4.69) is 9.97 Å². The normalized spacial score (nSPS) is 10.9. The van der Waals surface area contributed by atoms with E-state index in [9.17, 15) is 14.4 Å². The molecule has 0 fully saturated rings. The number of carbonyl (C=O) groups is 1. The number of fused-ring (bicyclic) bond motifs is 1. The molecule has 9 heteroatoms. The van der Waals surface area contributed by atoms with Gasteiger partial charge in [0.1, 0.15) is 5.03 Å². The number of aromatic nitrogens is 4. The van der Waals surface area contributed by atoms with Gasteiger partial charge in [-0.2, -0.15) is 0 Å². The fourth-order valence-electron chi connectivity index (χ4n) is 1.92. The average molecular weight is 324 g/mol. The molecule has 0 spiro atoms. The van der Waals surface area contributed by atoms with Crippen LogP contribution in [0, 0.1) is 0 Å². The van der Waals surface area contributed by atoms with E-state index in [1.165, 1.54) is 30.4 Å². The first-order valence-corrected chi connectivity index (χ1v) is 7.68. The summed E-state index contributed by atoms with van der Waals surface area (Å²) in [5, 5.41) is 0.344. The van der Waals surface area contributed by atoms with Gasteiger partial charge in [0.25, 0.3) is 5.56 Å². The van der Waals surface area contributed by atoms with Crippen molar-refractivity contribution in [3.63, 3.8) is 0 Å². The minimum Gasteiger partial charge on any atom is -0.461 e. The molecule has 0 unspecified atom stereocenters. The molecule has 0 radical (unpaired) electrons. The van der Waals surface area contributed by atoms with Crippen molar-refractivity contribution in [1.29, 1.82) is 0 Å². The Labute approximate surface area is 130 Å². The molecule has 2 aromatic heterocycles. The van der Waals surface area contributed by atoms with Gasteiger partial charge in [-0.05, 0) is 12.7 Å². The van der Waals surface area contributed by atoms with Crippen molar-refractivity contribution >= 4 is 28.9 Å². The first-order chi connectivity index (χ1) is 10.4. The molecule has 0 N–H and O–H groups in total. The van der Waals surface area contributed by atoms with Gasteiger partial charge in [-0.3, -0.25) is 13.9 Å². The van der Waals surface area contributed by atoms with Crippen LogP contribution < -0.4 is 11.2 Å². The number of hydrogen-bond acceptors (Lipinski definition) is 7. The Morgan fingerprint density at radius 2 is 1.86 bits per heavy atom. The molecule has 0 atom stereocenters. The van der Waals surface area contributed by atoms with Gasteiger partial charge < -0.3 is 4.74 Å². The highest BCUT2D eigenvalue weighted by Gasteiger charge is 2.21. The summed E-state index contributed by atoms with van der Waals surface area (Å²) in [7, 11) is 2.85. The zero-order valence-electron chi connectivity index (χ0n) is 12.7. The maximum atomic E-state index is 12.2. The van der Waals surface area contributed by atoms with Gasteiger partial charge in [0.2, 0.25) is 0 Å². The van der Waals surface area contributed by atoms with Crippen LogP contribution in [0.5, 0.6) is 0 Å². The summed E-state index contributed by atoms with van der Waals surface area (Å²) in [5.41, 5.74) is -0.977. The highest BCUT2D eigenvalue weighted by atomic mass is 32.2. The first kappa shape index (κ1) is 16.2. The van der Waals surface area contributed by atoms with Crippen molar-refractivity contribution in [3.8, 4) is 0 Å². The highest BCUT2D eigenvalue weighted by Crippen LogP contribution is 2.21. The maximum absolute atomic E-state index is 12.2. The fraction of sp³-hybridized carbons (Fsp3) is 0.462. The molecule has 2 aromatic rings. The van der Waals surface area contributed by atoms with E-state index in [-0.39, 0.29) is 23.5 Å². The second-order valence-corrected chi connectivity index (χ2v) is 5.66. The van der Waals surface area contributed by atoms with Gasteiger partial charge in [0, 0.05) is 14.1 Å². The number of ether oxygens (including phenoxy) is 1. The second kappa shape index (κ2) is 6.30. The van der Waals surface area contributed by atoms with Crippen LogP contribution in [0.3, 0.4) is 0 Å². The third-order valence-corrected chi connectivity index (χ3v) is 3.84. The van der Waals surface area contributed by atoms with E-state index in [0.717, 1.165) is 4.57 Å². The Morgan fingerprint density at radius 3 is 2.45 bits per heavy atom. The molecule has 0 saturated carbocycles. The van der Waals surface area contributed by atoms with Crippen LogP contribution in [-0.2, 0) is 18.8 Å². The fourth-order valence-corrected chi connectivity index (χ4v) is 2.61. The van der Waals surface area contributed by atoms with Gasteiger partial charge in [-0.15, -0.1) is 11.8 Å². The zero-order chi connectivity index (χ0) is 16.4. The van der Waals surface area contributed by atoms with Crippen molar-refractivity contribution in [1.82, 2.24) is 19.1 Å². The van der Waals surface area contributed by atoms with E-state index in [4.69, 9.17) is 4.74 Å². The molecule has 0 saturated heterocycles. The lowest BCUT2D eigenvalue weighted by Crippen LogP contribution is -2.38. The Morgan fingerprint density at radius 1 is 1.18 bits per heavy atom. The minimum absolute atomic E-state index is 0.00283. The summed E-state index contributed by atoms with van der Waals surface area (Å²) in [6, 6.07) is 0. The van der Waals surface area contributed by atoms with Crippen LogP contribution in [0.4, 0.5) is 0 Å². The number of aryl methyl sites for hydroxylation is 1. The van der Waals surface area contributed by atoms with Gasteiger partial charge in [-0.1, -0.05) is 6.92 Å². The molecule has 0 aliphatic heterocycles. The van der Waals surface area contributed by atoms with Gasteiger partial charge in [-0.25, -0.2) is 19.6 Å². The van der Waals surface area contributed by atoms with Crippen LogP contribution >= 0.6 is 11.8 Å². The summed E-state index contributed by atoms with van der Waals surface area (Å²) in [5.74, 6) is 0.0227. The highest BCUT2D eigenvalue weighted by molar-refractivity contribution is 7.99. The van der Waals surface area contributed by atoms with Crippen molar-refractivity contribution in [2.75, 3.05) is 12.4 Å². The predicted molar refractivity (Wildman–Crippen MR) is 82.4 cm³/mol. The minimum atomic E-state index is -0.635. The molecule has 2 heterocycles. The molecule has 0 aromatic carbocycles. The second-order valence-electron chi connectivity index (χ2n) is 4.41. The Kier molecular flexibility index (Phi) is 4.65. The standard InChI is InChI=1S/C13H16N4O4S/c1-5-21-12(19)8-10(22-6-2)15-9-7(14-8)11(18)17(4)13(20)16(9)3/h5-6H2,1-4H3.